The summed E-state index contributed by atoms with van der Waals surface area (Å²) in [6.45, 7) is 7.20. The van der Waals surface area contributed by atoms with Crippen LogP contribution in [0.15, 0.2) is 25.3 Å². The van der Waals surface area contributed by atoms with Gasteiger partial charge in [-0.1, -0.05) is 50.7 Å². The average molecular weight is 495 g/mol. The van der Waals surface area contributed by atoms with Gasteiger partial charge in [0, 0.05) is 25.2 Å². The summed E-state index contributed by atoms with van der Waals surface area (Å²) in [6, 6.07) is -0.214. The molecule has 0 radical (unpaired) electrons. The number of hydrogen-bond donors (Lipinski definition) is 0. The fourth-order valence-electron chi connectivity index (χ4n) is 3.84. The van der Waals surface area contributed by atoms with Gasteiger partial charge in [-0.05, 0) is 25.7 Å². The first-order valence-corrected chi connectivity index (χ1v) is 12.5. The number of hydrogen-bond acceptors (Lipinski definition) is 6. The molecule has 0 amide bonds. The molecule has 2 aliphatic rings. The minimum absolute atomic E-state index is 0. The second kappa shape index (κ2) is 13.9. The van der Waals surface area contributed by atoms with E-state index in [9.17, 15) is 25.9 Å². The molecule has 0 aromatic rings. The molecule has 0 saturated heterocycles. The molecular formula is C18H32N2NiO6S2. The molecule has 0 aromatic heterocycles. The monoisotopic (exact) mass is 494 g/mol. The second-order valence-electron chi connectivity index (χ2n) is 7.22. The predicted molar refractivity (Wildman–Crippen MR) is 107 cm³/mol. The van der Waals surface area contributed by atoms with Gasteiger partial charge in [-0.3, -0.25) is 0 Å². The Balaban J connectivity index is 0.000000523. The minimum atomic E-state index is -4.31. The average Bonchev–Trinajstić information content (AvgIpc) is 2.64. The molecule has 0 heterocycles. The van der Waals surface area contributed by atoms with Crippen LogP contribution in [0.3, 0.4) is 0 Å². The van der Waals surface area contributed by atoms with E-state index in [4.69, 9.17) is 0 Å². The molecule has 0 unspecified atom stereocenters. The van der Waals surface area contributed by atoms with E-state index in [0.717, 1.165) is 72.8 Å². The van der Waals surface area contributed by atoms with Crippen LogP contribution in [-0.4, -0.2) is 59.7 Å². The fraction of sp³-hybridized carbons (Fsp3) is 0.778. The third-order valence-electron chi connectivity index (χ3n) is 5.16. The van der Waals surface area contributed by atoms with E-state index in [1.54, 1.807) is 0 Å². The molecule has 0 bridgehead atoms. The van der Waals surface area contributed by atoms with Gasteiger partial charge in [-0.15, -0.1) is 13.2 Å². The van der Waals surface area contributed by atoms with E-state index in [1.807, 2.05) is 0 Å². The zero-order valence-electron chi connectivity index (χ0n) is 16.7. The predicted octanol–water partition coefficient (Wildman–Crippen LogP) is 2.53. The van der Waals surface area contributed by atoms with Crippen LogP contribution in [0.2, 0.25) is 0 Å². The Morgan fingerprint density at radius 1 is 0.690 bits per heavy atom. The quantitative estimate of drug-likeness (QED) is 0.290. The molecule has 2 saturated carbocycles. The van der Waals surface area contributed by atoms with E-state index in [2.05, 4.69) is 13.2 Å². The van der Waals surface area contributed by atoms with Crippen molar-refractivity contribution >= 4 is 20.6 Å². The molecular weight excluding hydrogens is 463 g/mol. The maximum absolute atomic E-state index is 10.9. The smallest absolute Gasteiger partial charge is 0.735 e. The molecule has 11 heteroatoms. The van der Waals surface area contributed by atoms with Gasteiger partial charge in [0.2, 0.25) is 0 Å². The van der Waals surface area contributed by atoms with Crippen molar-refractivity contribution in [2.45, 2.75) is 76.3 Å². The van der Waals surface area contributed by atoms with E-state index >= 15 is 0 Å². The third kappa shape index (κ3) is 10.5. The molecule has 0 atom stereocenters. The van der Waals surface area contributed by atoms with Gasteiger partial charge in [0.05, 0.1) is 0 Å². The van der Waals surface area contributed by atoms with Gasteiger partial charge in [0.25, 0.3) is 0 Å². The zero-order valence-corrected chi connectivity index (χ0v) is 19.3. The van der Waals surface area contributed by atoms with Crippen LogP contribution in [0.5, 0.6) is 0 Å². The molecule has 172 valence electrons. The molecule has 2 rings (SSSR count). The second-order valence-corrected chi connectivity index (χ2v) is 9.86. The van der Waals surface area contributed by atoms with Crippen molar-refractivity contribution in [1.29, 1.82) is 0 Å². The summed E-state index contributed by atoms with van der Waals surface area (Å²) in [5, 5.41) is 0. The van der Waals surface area contributed by atoms with Crippen LogP contribution in [0, 0.1) is 0 Å². The van der Waals surface area contributed by atoms with Gasteiger partial charge >= 0.3 is 16.5 Å². The SMILES string of the molecule is C=CCN(C1CCCCC1)S(=O)(=O)[O-].C=CCN(C1CCCCC1)S(=O)(=O)[O-].[Ni+2]. The Bertz CT molecular complexity index is 627. The Morgan fingerprint density at radius 2 is 0.966 bits per heavy atom. The number of rotatable bonds is 8. The molecule has 0 aliphatic heterocycles. The largest absolute Gasteiger partial charge is 2.00 e. The first-order valence-electron chi connectivity index (χ1n) is 9.78. The van der Waals surface area contributed by atoms with Crippen LogP contribution in [0.1, 0.15) is 64.2 Å². The molecule has 0 aromatic carbocycles. The van der Waals surface area contributed by atoms with Crippen molar-refractivity contribution in [3.8, 4) is 0 Å². The molecule has 0 N–H and O–H groups in total. The summed E-state index contributed by atoms with van der Waals surface area (Å²) in [7, 11) is -8.63. The van der Waals surface area contributed by atoms with Crippen LogP contribution in [0.25, 0.3) is 0 Å². The molecule has 2 fully saturated rings. The maximum atomic E-state index is 10.9. The molecule has 8 nitrogen and oxygen atoms in total. The summed E-state index contributed by atoms with van der Waals surface area (Å²) in [5.41, 5.74) is 0. The molecule has 0 spiro atoms. The normalized spacial score (nSPS) is 19.2. The number of nitrogens with zero attached hydrogens (tertiary/aromatic N) is 2. The van der Waals surface area contributed by atoms with Crippen LogP contribution in [-0.2, 0) is 37.1 Å². The summed E-state index contributed by atoms with van der Waals surface area (Å²) in [6.07, 6.45) is 12.4. The third-order valence-corrected chi connectivity index (χ3v) is 7.20. The van der Waals surface area contributed by atoms with Crippen molar-refractivity contribution in [3.63, 3.8) is 0 Å². The van der Waals surface area contributed by atoms with E-state index in [1.165, 1.54) is 12.2 Å². The van der Waals surface area contributed by atoms with E-state index in [0.29, 0.717) is 0 Å². The van der Waals surface area contributed by atoms with Crippen molar-refractivity contribution < 1.29 is 42.4 Å². The van der Waals surface area contributed by atoms with Gasteiger partial charge < -0.3 is 9.11 Å². The van der Waals surface area contributed by atoms with E-state index in [-0.39, 0.29) is 41.7 Å². The van der Waals surface area contributed by atoms with Crippen molar-refractivity contribution in [2.24, 2.45) is 0 Å². The summed E-state index contributed by atoms with van der Waals surface area (Å²) < 4.78 is 67.7. The van der Waals surface area contributed by atoms with Gasteiger partial charge in [0.1, 0.15) is 0 Å². The minimum Gasteiger partial charge on any atom is -0.735 e. The summed E-state index contributed by atoms with van der Waals surface area (Å²) in [4.78, 5) is 0. The summed E-state index contributed by atoms with van der Waals surface area (Å²) in [5.74, 6) is 0. The van der Waals surface area contributed by atoms with Crippen molar-refractivity contribution in [1.82, 2.24) is 8.61 Å². The van der Waals surface area contributed by atoms with Crippen molar-refractivity contribution in [2.75, 3.05) is 13.1 Å². The summed E-state index contributed by atoms with van der Waals surface area (Å²) >= 11 is 0. The van der Waals surface area contributed by atoms with Crippen LogP contribution in [0.4, 0.5) is 0 Å². The first kappa shape index (κ1) is 28.7. The van der Waals surface area contributed by atoms with Gasteiger partial charge in [-0.2, -0.15) is 0 Å². The first-order chi connectivity index (χ1) is 13.1. The van der Waals surface area contributed by atoms with E-state index < -0.39 is 20.6 Å². The fourth-order valence-corrected chi connectivity index (χ4v) is 5.57. The Labute approximate surface area is 186 Å². The zero-order chi connectivity index (χ0) is 21.2. The van der Waals surface area contributed by atoms with Gasteiger partial charge in [-0.25, -0.2) is 25.4 Å². The maximum Gasteiger partial charge on any atom is 2.00 e. The van der Waals surface area contributed by atoms with Crippen LogP contribution >= 0.6 is 0 Å². The molecule has 29 heavy (non-hydrogen) atoms. The van der Waals surface area contributed by atoms with Crippen molar-refractivity contribution in [3.05, 3.63) is 25.3 Å². The molecule has 2 aliphatic carbocycles. The Morgan fingerprint density at radius 3 is 1.17 bits per heavy atom. The Hall–Kier alpha value is -0.286. The standard InChI is InChI=1S/2C9H17NO3S.Ni/c2*1-2-8-10(14(11,12)13)9-6-4-3-5-7-9;/h2*2,9H,1,3-8H2,(H,11,12,13);/q;;+2/p-2. The van der Waals surface area contributed by atoms with Crippen LogP contribution < -0.4 is 0 Å². The topological polar surface area (TPSA) is 121 Å². The Kier molecular flexibility index (Phi) is 13.8. The van der Waals surface area contributed by atoms with Gasteiger partial charge in [0.15, 0.2) is 20.6 Å².